The quantitative estimate of drug-likeness (QED) is 0.590. The number of halogens is 1. The van der Waals surface area contributed by atoms with Gasteiger partial charge in [-0.05, 0) is 6.92 Å². The van der Waals surface area contributed by atoms with Crippen LogP contribution in [-0.4, -0.2) is 25.3 Å². The van der Waals surface area contributed by atoms with E-state index in [1.807, 2.05) is 0 Å². The first-order chi connectivity index (χ1) is 8.63. The van der Waals surface area contributed by atoms with Crippen LogP contribution in [0.3, 0.4) is 0 Å². The molecule has 0 aliphatic heterocycles. The Morgan fingerprint density at radius 2 is 2.26 bits per heavy atom. The third-order valence-electron chi connectivity index (χ3n) is 1.97. The second-order valence-corrected chi connectivity index (χ2v) is 7.27. The van der Waals surface area contributed by atoms with Crippen molar-refractivity contribution in [3.05, 3.63) is 20.5 Å². The van der Waals surface area contributed by atoms with Gasteiger partial charge in [0, 0.05) is 18.5 Å². The van der Waals surface area contributed by atoms with E-state index in [1.165, 1.54) is 6.92 Å². The zero-order valence-corrected chi connectivity index (χ0v) is 12.0. The van der Waals surface area contributed by atoms with E-state index in [0.717, 1.165) is 6.07 Å². The fourth-order valence-electron chi connectivity index (χ4n) is 1.26. The van der Waals surface area contributed by atoms with Crippen LogP contribution in [0.15, 0.2) is 10.3 Å². The number of carbonyl (C=O) groups excluding carboxylic acids is 1. The van der Waals surface area contributed by atoms with Crippen molar-refractivity contribution in [3.63, 3.8) is 0 Å². The monoisotopic (exact) mass is 327 g/mol. The molecule has 106 valence electrons. The van der Waals surface area contributed by atoms with Gasteiger partial charge in [0.25, 0.3) is 15.7 Å². The van der Waals surface area contributed by atoms with Gasteiger partial charge in [-0.1, -0.05) is 11.6 Å². The highest BCUT2D eigenvalue weighted by molar-refractivity contribution is 7.91. The molecule has 1 amide bonds. The van der Waals surface area contributed by atoms with Gasteiger partial charge in [-0.25, -0.2) is 13.1 Å². The molecule has 8 nitrogen and oxygen atoms in total. The van der Waals surface area contributed by atoms with Crippen LogP contribution in [0, 0.1) is 10.1 Å². The standard InChI is InChI=1S/C8H10ClN3O5S2/c1-4(2-6(10)13)11-19(16,17)7-3-5(12(14)15)8(9)18-7/h3-4,11H,2H2,1H3,(H2,10,13). The number of hydrogen-bond donors (Lipinski definition) is 2. The van der Waals surface area contributed by atoms with Crippen LogP contribution < -0.4 is 10.5 Å². The Bertz CT molecular complexity index is 612. The molecule has 1 unspecified atom stereocenters. The first-order valence-electron chi connectivity index (χ1n) is 4.88. The van der Waals surface area contributed by atoms with Crippen LogP contribution in [0.25, 0.3) is 0 Å². The van der Waals surface area contributed by atoms with Crippen LogP contribution >= 0.6 is 22.9 Å². The maximum absolute atomic E-state index is 11.9. The van der Waals surface area contributed by atoms with Crippen molar-refractivity contribution in [2.75, 3.05) is 0 Å². The van der Waals surface area contributed by atoms with E-state index in [9.17, 15) is 23.3 Å². The molecule has 3 N–H and O–H groups in total. The topological polar surface area (TPSA) is 132 Å². The number of amides is 1. The van der Waals surface area contributed by atoms with Crippen LogP contribution in [0.4, 0.5) is 5.69 Å². The van der Waals surface area contributed by atoms with Crippen LogP contribution in [-0.2, 0) is 14.8 Å². The van der Waals surface area contributed by atoms with Gasteiger partial charge in [0.15, 0.2) is 4.34 Å². The maximum atomic E-state index is 11.9. The lowest BCUT2D eigenvalue weighted by atomic mass is 10.2. The number of rotatable bonds is 6. The van der Waals surface area contributed by atoms with Crippen molar-refractivity contribution in [2.45, 2.75) is 23.6 Å². The molecule has 1 atom stereocenters. The summed E-state index contributed by atoms with van der Waals surface area (Å²) in [6, 6.07) is 0.147. The number of sulfonamides is 1. The van der Waals surface area contributed by atoms with Gasteiger partial charge >= 0.3 is 0 Å². The largest absolute Gasteiger partial charge is 0.370 e. The smallest absolute Gasteiger partial charge is 0.300 e. The highest BCUT2D eigenvalue weighted by Gasteiger charge is 2.26. The fourth-order valence-corrected chi connectivity index (χ4v) is 4.19. The Labute approximate surface area is 117 Å². The first kappa shape index (κ1) is 15.8. The lowest BCUT2D eigenvalue weighted by Gasteiger charge is -2.10. The van der Waals surface area contributed by atoms with Crippen molar-refractivity contribution >= 4 is 44.6 Å². The Morgan fingerprint density at radius 3 is 2.68 bits per heavy atom. The molecule has 0 radical (unpaired) electrons. The number of nitrogens with two attached hydrogens (primary N) is 1. The minimum Gasteiger partial charge on any atom is -0.370 e. The summed E-state index contributed by atoms with van der Waals surface area (Å²) in [5.41, 5.74) is 4.46. The summed E-state index contributed by atoms with van der Waals surface area (Å²) in [6.45, 7) is 1.45. The summed E-state index contributed by atoms with van der Waals surface area (Å²) in [5, 5.41) is 10.6. The predicted molar refractivity (Wildman–Crippen MR) is 69.6 cm³/mol. The van der Waals surface area contributed by atoms with Gasteiger partial charge in [-0.3, -0.25) is 14.9 Å². The van der Waals surface area contributed by atoms with Crippen LogP contribution in [0.1, 0.15) is 13.3 Å². The zero-order valence-electron chi connectivity index (χ0n) is 9.62. The average Bonchev–Trinajstić information content (AvgIpc) is 2.58. The molecule has 0 bridgehead atoms. The summed E-state index contributed by atoms with van der Waals surface area (Å²) in [5.74, 6) is -0.662. The van der Waals surface area contributed by atoms with Crippen molar-refractivity contribution in [2.24, 2.45) is 5.73 Å². The fraction of sp³-hybridized carbons (Fsp3) is 0.375. The third-order valence-corrected chi connectivity index (χ3v) is 5.37. The minimum absolute atomic E-state index is 0.180. The van der Waals surface area contributed by atoms with Crippen molar-refractivity contribution in [1.82, 2.24) is 4.72 Å². The van der Waals surface area contributed by atoms with Gasteiger partial charge in [0.1, 0.15) is 4.21 Å². The molecule has 11 heteroatoms. The predicted octanol–water partition coefficient (Wildman–Crippen LogP) is 0.852. The van der Waals surface area contributed by atoms with Gasteiger partial charge < -0.3 is 5.73 Å². The number of nitrogens with one attached hydrogen (secondary N) is 1. The minimum atomic E-state index is -3.97. The number of carbonyl (C=O) groups is 1. The number of nitro groups is 1. The maximum Gasteiger partial charge on any atom is 0.300 e. The summed E-state index contributed by atoms with van der Waals surface area (Å²) in [7, 11) is -3.97. The lowest BCUT2D eigenvalue weighted by Crippen LogP contribution is -2.35. The van der Waals surface area contributed by atoms with E-state index < -0.39 is 32.6 Å². The number of hydrogen-bond acceptors (Lipinski definition) is 6. The van der Waals surface area contributed by atoms with Gasteiger partial charge in [-0.15, -0.1) is 11.3 Å². The normalized spacial score (nSPS) is 13.2. The molecular weight excluding hydrogens is 318 g/mol. The van der Waals surface area contributed by atoms with E-state index >= 15 is 0 Å². The Morgan fingerprint density at radius 1 is 1.68 bits per heavy atom. The highest BCUT2D eigenvalue weighted by Crippen LogP contribution is 2.36. The second-order valence-electron chi connectivity index (χ2n) is 3.67. The Hall–Kier alpha value is -1.23. The molecule has 1 rings (SSSR count). The summed E-state index contributed by atoms with van der Waals surface area (Å²) < 4.78 is 25.4. The van der Waals surface area contributed by atoms with Gasteiger partial charge in [-0.2, -0.15) is 0 Å². The summed E-state index contributed by atoms with van der Waals surface area (Å²) in [6.07, 6.45) is -0.180. The molecular formula is C8H10ClN3O5S2. The average molecular weight is 328 g/mol. The molecule has 0 aliphatic rings. The molecule has 1 aromatic heterocycles. The van der Waals surface area contributed by atoms with Crippen LogP contribution in [0.5, 0.6) is 0 Å². The molecule has 1 aromatic rings. The molecule has 0 saturated carbocycles. The molecule has 0 saturated heterocycles. The number of primary amides is 1. The molecule has 0 fully saturated rings. The van der Waals surface area contributed by atoms with E-state index in [0.29, 0.717) is 11.3 Å². The van der Waals surface area contributed by atoms with E-state index in [-0.39, 0.29) is 15.0 Å². The van der Waals surface area contributed by atoms with E-state index in [2.05, 4.69) is 4.72 Å². The highest BCUT2D eigenvalue weighted by atomic mass is 35.5. The molecule has 1 heterocycles. The zero-order chi connectivity index (χ0) is 14.8. The van der Waals surface area contributed by atoms with Crippen molar-refractivity contribution in [3.8, 4) is 0 Å². The number of thiophene rings is 1. The van der Waals surface area contributed by atoms with Crippen molar-refractivity contribution < 1.29 is 18.1 Å². The number of nitrogens with zero attached hydrogens (tertiary/aromatic N) is 1. The molecule has 0 aliphatic carbocycles. The van der Waals surface area contributed by atoms with Crippen molar-refractivity contribution in [1.29, 1.82) is 0 Å². The summed E-state index contributed by atoms with van der Waals surface area (Å²) in [4.78, 5) is 20.5. The van der Waals surface area contributed by atoms with E-state index in [1.54, 1.807) is 0 Å². The third kappa shape index (κ3) is 4.13. The Kier molecular flexibility index (Phi) is 4.85. The van der Waals surface area contributed by atoms with Gasteiger partial charge in [0.2, 0.25) is 5.91 Å². The lowest BCUT2D eigenvalue weighted by molar-refractivity contribution is -0.384. The van der Waals surface area contributed by atoms with E-state index in [4.69, 9.17) is 17.3 Å². The second kappa shape index (κ2) is 5.82. The van der Waals surface area contributed by atoms with Gasteiger partial charge in [0.05, 0.1) is 4.92 Å². The first-order valence-corrected chi connectivity index (χ1v) is 7.55. The SMILES string of the molecule is CC(CC(N)=O)NS(=O)(=O)c1cc([N+](=O)[O-])c(Cl)s1. The Balaban J connectivity index is 2.98. The molecule has 0 spiro atoms. The summed E-state index contributed by atoms with van der Waals surface area (Å²) >= 11 is 6.15. The van der Waals surface area contributed by atoms with Crippen LogP contribution in [0.2, 0.25) is 4.34 Å². The molecule has 0 aromatic carbocycles. The molecule has 19 heavy (non-hydrogen) atoms.